The van der Waals surface area contributed by atoms with E-state index in [4.69, 9.17) is 11.6 Å². The van der Waals surface area contributed by atoms with Crippen LogP contribution in [0.2, 0.25) is 0 Å². The lowest BCUT2D eigenvalue weighted by Crippen LogP contribution is -2.41. The fraction of sp³-hybridized carbons (Fsp3) is 0.692. The number of rotatable bonds is 5. The number of thiophene rings is 1. The Morgan fingerprint density at radius 3 is 2.58 bits per heavy atom. The van der Waals surface area contributed by atoms with E-state index in [2.05, 4.69) is 0 Å². The predicted octanol–water partition coefficient (Wildman–Crippen LogP) is 3.83. The molecule has 0 unspecified atom stereocenters. The average molecular weight is 322 g/mol. The fourth-order valence-electron chi connectivity index (χ4n) is 2.69. The Morgan fingerprint density at radius 2 is 2.05 bits per heavy atom. The molecule has 19 heavy (non-hydrogen) atoms. The van der Waals surface area contributed by atoms with Crippen molar-refractivity contribution < 1.29 is 8.42 Å². The van der Waals surface area contributed by atoms with Gasteiger partial charge in [-0.1, -0.05) is 26.2 Å². The van der Waals surface area contributed by atoms with Crippen LogP contribution in [0, 0.1) is 0 Å². The first-order valence-corrected chi connectivity index (χ1v) is 9.60. The Morgan fingerprint density at radius 1 is 1.37 bits per heavy atom. The highest BCUT2D eigenvalue weighted by Gasteiger charge is 2.31. The van der Waals surface area contributed by atoms with Gasteiger partial charge < -0.3 is 0 Å². The summed E-state index contributed by atoms with van der Waals surface area (Å²) in [5.74, 6) is 0.371. The van der Waals surface area contributed by atoms with Gasteiger partial charge in [0.15, 0.2) is 0 Å². The number of nitrogens with zero attached hydrogens (tertiary/aromatic N) is 1. The summed E-state index contributed by atoms with van der Waals surface area (Å²) in [5.41, 5.74) is 0. The second kappa shape index (κ2) is 6.57. The van der Waals surface area contributed by atoms with Crippen molar-refractivity contribution in [2.24, 2.45) is 0 Å². The largest absolute Gasteiger partial charge is 0.244 e. The minimum Gasteiger partial charge on any atom is -0.207 e. The highest BCUT2D eigenvalue weighted by Crippen LogP contribution is 2.29. The molecule has 1 aliphatic rings. The predicted molar refractivity (Wildman–Crippen MR) is 80.3 cm³/mol. The molecule has 0 amide bonds. The zero-order valence-corrected chi connectivity index (χ0v) is 13.5. The Hall–Kier alpha value is -0.100. The molecule has 0 aromatic carbocycles. The van der Waals surface area contributed by atoms with Crippen LogP contribution < -0.4 is 0 Å². The highest BCUT2D eigenvalue weighted by atomic mass is 35.5. The Balaban J connectivity index is 2.24. The van der Waals surface area contributed by atoms with Crippen LogP contribution in [0.1, 0.15) is 43.9 Å². The third kappa shape index (κ3) is 3.32. The van der Waals surface area contributed by atoms with E-state index in [9.17, 15) is 8.42 Å². The molecule has 108 valence electrons. The van der Waals surface area contributed by atoms with Crippen molar-refractivity contribution in [3.63, 3.8) is 0 Å². The van der Waals surface area contributed by atoms with E-state index in [0.717, 1.165) is 30.6 Å². The smallest absolute Gasteiger partial charge is 0.207 e. The molecule has 0 aliphatic heterocycles. The monoisotopic (exact) mass is 321 g/mol. The first-order chi connectivity index (χ1) is 9.09. The second-order valence-corrected chi connectivity index (χ2v) is 8.04. The molecule has 3 nitrogen and oxygen atoms in total. The summed E-state index contributed by atoms with van der Waals surface area (Å²) in [4.78, 5) is 1.31. The molecule has 0 radical (unpaired) electrons. The molecule has 0 saturated heterocycles. The molecule has 1 aliphatic carbocycles. The molecule has 0 N–H and O–H groups in total. The molecule has 2 rings (SSSR count). The van der Waals surface area contributed by atoms with Gasteiger partial charge in [-0.2, -0.15) is 4.31 Å². The molecule has 0 atom stereocenters. The maximum absolute atomic E-state index is 12.7. The van der Waals surface area contributed by atoms with Crippen molar-refractivity contribution in [3.05, 3.63) is 16.3 Å². The van der Waals surface area contributed by atoms with Crippen molar-refractivity contribution in [1.29, 1.82) is 0 Å². The van der Waals surface area contributed by atoms with Gasteiger partial charge in [-0.3, -0.25) is 0 Å². The van der Waals surface area contributed by atoms with Crippen molar-refractivity contribution >= 4 is 33.0 Å². The summed E-state index contributed by atoms with van der Waals surface area (Å²) in [7, 11) is -3.35. The lowest BCUT2D eigenvalue weighted by Gasteiger charge is -2.32. The van der Waals surface area contributed by atoms with Crippen LogP contribution >= 0.6 is 22.9 Å². The van der Waals surface area contributed by atoms with Crippen LogP contribution in [0.5, 0.6) is 0 Å². The van der Waals surface area contributed by atoms with E-state index in [1.54, 1.807) is 15.8 Å². The molecular formula is C13H20ClNO2S2. The first-order valence-electron chi connectivity index (χ1n) is 6.74. The third-order valence-electron chi connectivity index (χ3n) is 3.66. The van der Waals surface area contributed by atoms with Gasteiger partial charge in [0.2, 0.25) is 10.0 Å². The van der Waals surface area contributed by atoms with Crippen LogP contribution in [0.25, 0.3) is 0 Å². The van der Waals surface area contributed by atoms with Gasteiger partial charge in [-0.05, 0) is 18.9 Å². The van der Waals surface area contributed by atoms with E-state index in [1.165, 1.54) is 17.8 Å². The average Bonchev–Trinajstić information content (AvgIpc) is 2.90. The topological polar surface area (TPSA) is 37.4 Å². The van der Waals surface area contributed by atoms with E-state index in [1.807, 2.05) is 6.92 Å². The summed E-state index contributed by atoms with van der Waals surface area (Å²) in [6.45, 7) is 2.46. The number of halogens is 1. The lowest BCUT2D eigenvalue weighted by atomic mass is 9.95. The third-order valence-corrected chi connectivity index (χ3v) is 7.20. The maximum Gasteiger partial charge on any atom is 0.244 e. The lowest BCUT2D eigenvalue weighted by molar-refractivity contribution is 0.261. The molecule has 0 spiro atoms. The fourth-order valence-corrected chi connectivity index (χ4v) is 5.76. The Kier molecular flexibility index (Phi) is 5.29. The van der Waals surface area contributed by atoms with Gasteiger partial charge in [-0.15, -0.1) is 22.9 Å². The molecule has 1 fully saturated rings. The summed E-state index contributed by atoms with van der Waals surface area (Å²) < 4.78 is 27.0. The van der Waals surface area contributed by atoms with Crippen molar-refractivity contribution in [2.45, 2.75) is 55.8 Å². The quantitative estimate of drug-likeness (QED) is 0.773. The number of alkyl halides is 1. The zero-order valence-electron chi connectivity index (χ0n) is 11.1. The first kappa shape index (κ1) is 15.3. The van der Waals surface area contributed by atoms with E-state index in [0.29, 0.717) is 17.3 Å². The molecule has 1 heterocycles. The molecule has 1 aromatic rings. The molecule has 0 bridgehead atoms. The van der Waals surface area contributed by atoms with Gasteiger partial charge in [0, 0.05) is 22.8 Å². The van der Waals surface area contributed by atoms with Crippen molar-refractivity contribution in [2.75, 3.05) is 6.54 Å². The Bertz CT molecular complexity index is 506. The van der Waals surface area contributed by atoms with E-state index >= 15 is 0 Å². The van der Waals surface area contributed by atoms with Crippen LogP contribution in [-0.4, -0.2) is 25.3 Å². The number of hydrogen-bond acceptors (Lipinski definition) is 3. The standard InChI is InChI=1S/C13H20ClNO2S2/c1-2-15(11-6-4-3-5-7-11)19(16,17)13-8-12(9-14)18-10-13/h8,10-11H,2-7,9H2,1H3. The molecule has 6 heteroatoms. The van der Waals surface area contributed by atoms with Crippen LogP contribution in [-0.2, 0) is 15.9 Å². The SMILES string of the molecule is CCN(C1CCCCC1)S(=O)(=O)c1csc(CCl)c1. The van der Waals surface area contributed by atoms with Crippen LogP contribution in [0.3, 0.4) is 0 Å². The maximum atomic E-state index is 12.7. The van der Waals surface area contributed by atoms with Gasteiger partial charge >= 0.3 is 0 Å². The molecule has 1 saturated carbocycles. The Labute approximate surface area is 124 Å². The molecule has 1 aromatic heterocycles. The van der Waals surface area contributed by atoms with Crippen LogP contribution in [0.4, 0.5) is 0 Å². The summed E-state index contributed by atoms with van der Waals surface area (Å²) in [6.07, 6.45) is 5.46. The minimum atomic E-state index is -3.35. The van der Waals surface area contributed by atoms with Crippen molar-refractivity contribution in [1.82, 2.24) is 4.31 Å². The van der Waals surface area contributed by atoms with E-state index in [-0.39, 0.29) is 6.04 Å². The summed E-state index contributed by atoms with van der Waals surface area (Å²) in [6, 6.07) is 1.88. The second-order valence-electron chi connectivity index (χ2n) is 4.88. The molecular weight excluding hydrogens is 302 g/mol. The summed E-state index contributed by atoms with van der Waals surface area (Å²) >= 11 is 7.17. The zero-order chi connectivity index (χ0) is 13.9. The summed E-state index contributed by atoms with van der Waals surface area (Å²) in [5, 5.41) is 1.71. The van der Waals surface area contributed by atoms with Crippen LogP contribution in [0.15, 0.2) is 16.3 Å². The van der Waals surface area contributed by atoms with Gasteiger partial charge in [0.05, 0.1) is 10.8 Å². The number of sulfonamides is 1. The van der Waals surface area contributed by atoms with E-state index < -0.39 is 10.0 Å². The highest BCUT2D eigenvalue weighted by molar-refractivity contribution is 7.89. The number of hydrogen-bond donors (Lipinski definition) is 0. The van der Waals surface area contributed by atoms with Gasteiger partial charge in [0.1, 0.15) is 0 Å². The van der Waals surface area contributed by atoms with Gasteiger partial charge in [-0.25, -0.2) is 8.42 Å². The van der Waals surface area contributed by atoms with Gasteiger partial charge in [0.25, 0.3) is 0 Å². The van der Waals surface area contributed by atoms with Crippen molar-refractivity contribution in [3.8, 4) is 0 Å². The minimum absolute atomic E-state index is 0.170. The normalized spacial score (nSPS) is 18.1.